The van der Waals surface area contributed by atoms with Crippen LogP contribution in [0.5, 0.6) is 0 Å². The zero-order valence-electron chi connectivity index (χ0n) is 13.1. The van der Waals surface area contributed by atoms with Crippen LogP contribution in [0.4, 0.5) is 0 Å². The molecule has 1 saturated heterocycles. The van der Waals surface area contributed by atoms with E-state index < -0.39 is 0 Å². The van der Waals surface area contributed by atoms with E-state index in [2.05, 4.69) is 10.2 Å². The minimum Gasteiger partial charge on any atom is -0.369 e. The van der Waals surface area contributed by atoms with Gasteiger partial charge in [0.15, 0.2) is 11.0 Å². The van der Waals surface area contributed by atoms with Crippen LogP contribution in [0.15, 0.2) is 5.16 Å². The second-order valence-electron chi connectivity index (χ2n) is 5.43. The average Bonchev–Trinajstić information content (AvgIpc) is 2.74. The van der Waals surface area contributed by atoms with Gasteiger partial charge >= 0.3 is 0 Å². The van der Waals surface area contributed by atoms with Crippen molar-refractivity contribution in [2.75, 3.05) is 6.54 Å². The van der Waals surface area contributed by atoms with Crippen LogP contribution in [0, 0.1) is 0 Å². The molecule has 0 aliphatic carbocycles. The number of likely N-dealkylation sites (tertiary alicyclic amines) is 1. The van der Waals surface area contributed by atoms with Gasteiger partial charge < -0.3 is 15.2 Å². The van der Waals surface area contributed by atoms with Crippen LogP contribution in [-0.2, 0) is 22.7 Å². The van der Waals surface area contributed by atoms with Crippen molar-refractivity contribution in [2.24, 2.45) is 5.73 Å². The van der Waals surface area contributed by atoms with Crippen LogP contribution in [-0.4, -0.2) is 43.3 Å². The highest BCUT2D eigenvalue weighted by molar-refractivity contribution is 8.00. The molecule has 0 aromatic carbocycles. The van der Waals surface area contributed by atoms with Gasteiger partial charge in [0.2, 0.25) is 11.8 Å². The van der Waals surface area contributed by atoms with E-state index in [0.29, 0.717) is 24.7 Å². The highest BCUT2D eigenvalue weighted by Gasteiger charge is 2.22. The minimum atomic E-state index is -0.375. The number of rotatable bonds is 6. The van der Waals surface area contributed by atoms with E-state index in [4.69, 9.17) is 5.73 Å². The number of carbonyl (C=O) groups is 2. The Balaban J connectivity index is 2.12. The third-order valence-electron chi connectivity index (χ3n) is 3.80. The first kappa shape index (κ1) is 16.8. The molecule has 2 rings (SSSR count). The van der Waals surface area contributed by atoms with Crippen molar-refractivity contribution in [2.45, 2.75) is 63.0 Å². The first-order valence-electron chi connectivity index (χ1n) is 7.68. The Bertz CT molecular complexity index is 545. The van der Waals surface area contributed by atoms with Crippen molar-refractivity contribution < 1.29 is 9.59 Å². The van der Waals surface area contributed by atoms with Crippen LogP contribution in [0.25, 0.3) is 0 Å². The van der Waals surface area contributed by atoms with E-state index >= 15 is 0 Å². The third-order valence-corrected chi connectivity index (χ3v) is 4.89. The van der Waals surface area contributed by atoms with E-state index in [0.717, 1.165) is 31.6 Å². The smallest absolute Gasteiger partial charge is 0.230 e. The zero-order chi connectivity index (χ0) is 16.1. The number of thioether (sulfide) groups is 1. The Kier molecular flexibility index (Phi) is 5.82. The van der Waals surface area contributed by atoms with Crippen molar-refractivity contribution in [3.63, 3.8) is 0 Å². The number of nitrogens with zero attached hydrogens (tertiary/aromatic N) is 4. The van der Waals surface area contributed by atoms with Gasteiger partial charge in [0.1, 0.15) is 0 Å². The van der Waals surface area contributed by atoms with E-state index in [9.17, 15) is 9.59 Å². The molecule has 8 heteroatoms. The molecule has 7 nitrogen and oxygen atoms in total. The first-order valence-corrected chi connectivity index (χ1v) is 8.56. The summed E-state index contributed by atoms with van der Waals surface area (Å²) < 4.78 is 1.95. The molecule has 1 fully saturated rings. The van der Waals surface area contributed by atoms with Crippen LogP contribution in [0.3, 0.4) is 0 Å². The lowest BCUT2D eigenvalue weighted by Gasteiger charge is -2.20. The molecule has 2 amide bonds. The summed E-state index contributed by atoms with van der Waals surface area (Å²) in [6.45, 7) is 5.69. The lowest BCUT2D eigenvalue weighted by Crippen LogP contribution is -2.31. The number of aromatic nitrogens is 3. The molecule has 0 bridgehead atoms. The summed E-state index contributed by atoms with van der Waals surface area (Å²) in [5.41, 5.74) is 5.30. The van der Waals surface area contributed by atoms with Gasteiger partial charge in [0.25, 0.3) is 0 Å². The van der Waals surface area contributed by atoms with Crippen molar-refractivity contribution in [1.29, 1.82) is 0 Å². The predicted octanol–water partition coefficient (Wildman–Crippen LogP) is 1.17. The summed E-state index contributed by atoms with van der Waals surface area (Å²) in [4.78, 5) is 25.1. The molecular weight excluding hydrogens is 302 g/mol. The summed E-state index contributed by atoms with van der Waals surface area (Å²) in [5.74, 6) is 0.569. The summed E-state index contributed by atoms with van der Waals surface area (Å²) in [6, 6.07) is 0. The van der Waals surface area contributed by atoms with Gasteiger partial charge in [-0.3, -0.25) is 9.59 Å². The van der Waals surface area contributed by atoms with Crippen molar-refractivity contribution in [3.8, 4) is 0 Å². The van der Waals surface area contributed by atoms with Crippen LogP contribution >= 0.6 is 11.8 Å². The number of hydrogen-bond acceptors (Lipinski definition) is 5. The van der Waals surface area contributed by atoms with Gasteiger partial charge in [0.05, 0.1) is 11.8 Å². The number of carbonyl (C=O) groups excluding carboxylic acids is 2. The zero-order valence-corrected chi connectivity index (χ0v) is 13.9. The number of hydrogen-bond donors (Lipinski definition) is 1. The molecule has 1 aliphatic rings. The monoisotopic (exact) mass is 325 g/mol. The molecule has 0 saturated carbocycles. The van der Waals surface area contributed by atoms with Crippen LogP contribution in [0.2, 0.25) is 0 Å². The van der Waals surface area contributed by atoms with E-state index in [-0.39, 0.29) is 17.1 Å². The van der Waals surface area contributed by atoms with E-state index in [1.807, 2.05) is 16.4 Å². The predicted molar refractivity (Wildman–Crippen MR) is 84.1 cm³/mol. The minimum absolute atomic E-state index is 0.183. The van der Waals surface area contributed by atoms with Gasteiger partial charge in [-0.1, -0.05) is 18.2 Å². The lowest BCUT2D eigenvalue weighted by atomic mass is 10.2. The lowest BCUT2D eigenvalue weighted by molar-refractivity contribution is -0.131. The summed E-state index contributed by atoms with van der Waals surface area (Å²) in [7, 11) is 0. The Labute approximate surface area is 134 Å². The van der Waals surface area contributed by atoms with Crippen LogP contribution < -0.4 is 5.73 Å². The van der Waals surface area contributed by atoms with E-state index in [1.165, 1.54) is 11.8 Å². The largest absolute Gasteiger partial charge is 0.369 e. The van der Waals surface area contributed by atoms with Crippen molar-refractivity contribution >= 4 is 23.6 Å². The maximum absolute atomic E-state index is 12.1. The van der Waals surface area contributed by atoms with Gasteiger partial charge in [-0.05, 0) is 26.7 Å². The second kappa shape index (κ2) is 7.62. The number of amides is 2. The summed E-state index contributed by atoms with van der Waals surface area (Å²) in [6.07, 6.45) is 3.71. The SMILES string of the molecule is CCn1c(CN2CCCCCC2=O)nnc1S[C@H](C)C(N)=O. The summed E-state index contributed by atoms with van der Waals surface area (Å²) in [5, 5.41) is 8.67. The number of primary amides is 1. The third kappa shape index (κ3) is 4.00. The van der Waals surface area contributed by atoms with Gasteiger partial charge in [-0.15, -0.1) is 10.2 Å². The second-order valence-corrected chi connectivity index (χ2v) is 6.74. The molecule has 22 heavy (non-hydrogen) atoms. The Hall–Kier alpha value is -1.57. The Morgan fingerprint density at radius 3 is 2.82 bits per heavy atom. The highest BCUT2D eigenvalue weighted by atomic mass is 32.2. The molecule has 1 aromatic heterocycles. The molecule has 0 radical (unpaired) electrons. The molecule has 2 heterocycles. The Morgan fingerprint density at radius 2 is 2.14 bits per heavy atom. The highest BCUT2D eigenvalue weighted by Crippen LogP contribution is 2.23. The van der Waals surface area contributed by atoms with Gasteiger partial charge in [-0.25, -0.2) is 0 Å². The first-order chi connectivity index (χ1) is 10.5. The van der Waals surface area contributed by atoms with Gasteiger partial charge in [-0.2, -0.15) is 0 Å². The normalized spacial score (nSPS) is 17.4. The van der Waals surface area contributed by atoms with Gasteiger partial charge in [0, 0.05) is 19.5 Å². The fraction of sp³-hybridized carbons (Fsp3) is 0.714. The molecule has 1 aliphatic heterocycles. The van der Waals surface area contributed by atoms with Crippen molar-refractivity contribution in [3.05, 3.63) is 5.82 Å². The molecular formula is C14H23N5O2S. The Morgan fingerprint density at radius 1 is 1.36 bits per heavy atom. The molecule has 1 aromatic rings. The fourth-order valence-corrected chi connectivity index (χ4v) is 3.32. The fourth-order valence-electron chi connectivity index (χ4n) is 2.43. The average molecular weight is 325 g/mol. The molecule has 122 valence electrons. The van der Waals surface area contributed by atoms with Crippen LogP contribution in [0.1, 0.15) is 45.4 Å². The maximum Gasteiger partial charge on any atom is 0.230 e. The molecule has 0 unspecified atom stereocenters. The molecule has 0 spiro atoms. The number of nitrogens with two attached hydrogens (primary N) is 1. The standard InChI is InChI=1S/C14H23N5O2S/c1-3-19-11(9-18-8-6-4-5-7-12(18)20)16-17-14(19)22-10(2)13(15)21/h10H,3-9H2,1-2H3,(H2,15,21)/t10-/m1/s1. The quantitative estimate of drug-likeness (QED) is 0.792. The molecule has 2 N–H and O–H groups in total. The van der Waals surface area contributed by atoms with E-state index in [1.54, 1.807) is 6.92 Å². The van der Waals surface area contributed by atoms with Crippen molar-refractivity contribution in [1.82, 2.24) is 19.7 Å². The maximum atomic E-state index is 12.1. The molecule has 1 atom stereocenters. The summed E-state index contributed by atoms with van der Waals surface area (Å²) >= 11 is 1.30. The topological polar surface area (TPSA) is 94.1 Å².